The first-order chi connectivity index (χ1) is 13.4. The van der Waals surface area contributed by atoms with Gasteiger partial charge in [0.05, 0.1) is 16.8 Å². The normalized spacial score (nSPS) is 13.1. The van der Waals surface area contributed by atoms with E-state index in [-0.39, 0.29) is 11.4 Å². The molecule has 0 saturated carbocycles. The predicted molar refractivity (Wildman–Crippen MR) is 119 cm³/mol. The molecule has 1 aromatic carbocycles. The molecule has 0 radical (unpaired) electrons. The average Bonchev–Trinajstić information content (AvgIpc) is 3.00. The maximum Gasteiger partial charge on any atom is 0.316 e. The number of carbonyl (C=O) groups excluding carboxylic acids is 1. The molecule has 0 fully saturated rings. The van der Waals surface area contributed by atoms with Gasteiger partial charge in [0, 0.05) is 19.2 Å². The van der Waals surface area contributed by atoms with E-state index < -0.39 is 5.41 Å². The van der Waals surface area contributed by atoms with E-state index >= 15 is 0 Å². The molecule has 2 rings (SSSR count). The van der Waals surface area contributed by atoms with Crippen molar-refractivity contribution in [1.82, 2.24) is 15.1 Å². The van der Waals surface area contributed by atoms with E-state index in [1.807, 2.05) is 52.4 Å². The predicted octanol–water partition coefficient (Wildman–Crippen LogP) is 5.14. The second-order valence-corrected chi connectivity index (χ2v) is 9.41. The topological polar surface area (TPSA) is 56.2 Å². The van der Waals surface area contributed by atoms with Crippen LogP contribution in [0.2, 0.25) is 0 Å². The van der Waals surface area contributed by atoms with Gasteiger partial charge in [0.15, 0.2) is 5.76 Å². The molecule has 2 aromatic rings. The van der Waals surface area contributed by atoms with E-state index in [9.17, 15) is 4.79 Å². The Morgan fingerprint density at radius 2 is 1.69 bits per heavy atom. The zero-order valence-corrected chi connectivity index (χ0v) is 19.3. The fourth-order valence-electron chi connectivity index (χ4n) is 2.97. The molecule has 1 heterocycles. The molecule has 0 aliphatic heterocycles. The Morgan fingerprint density at radius 3 is 2.14 bits per heavy atom. The molecule has 0 unspecified atom stereocenters. The second-order valence-electron chi connectivity index (χ2n) is 9.41. The third-order valence-corrected chi connectivity index (χ3v) is 4.76. The van der Waals surface area contributed by atoms with Crippen molar-refractivity contribution in [2.45, 2.75) is 67.3 Å². The van der Waals surface area contributed by atoms with Gasteiger partial charge in [-0.3, -0.25) is 9.48 Å². The van der Waals surface area contributed by atoms with Gasteiger partial charge in [0.1, 0.15) is 5.69 Å². The summed E-state index contributed by atoms with van der Waals surface area (Å²) >= 11 is 0. The van der Waals surface area contributed by atoms with Gasteiger partial charge < -0.3 is 10.1 Å². The fourth-order valence-corrected chi connectivity index (χ4v) is 2.97. The van der Waals surface area contributed by atoms with Gasteiger partial charge in [-0.25, -0.2) is 0 Å². The molecule has 0 bridgehead atoms. The molecule has 1 aromatic heterocycles. The summed E-state index contributed by atoms with van der Waals surface area (Å²) < 4.78 is 7.84. The number of ether oxygens (including phenoxy) is 1. The zero-order valence-electron chi connectivity index (χ0n) is 19.3. The smallest absolute Gasteiger partial charge is 0.316 e. The van der Waals surface area contributed by atoms with E-state index in [1.54, 1.807) is 0 Å². The number of esters is 1. The summed E-state index contributed by atoms with van der Waals surface area (Å²) in [5.74, 6) is 0.214. The van der Waals surface area contributed by atoms with Crippen LogP contribution in [0.4, 0.5) is 0 Å². The molecule has 5 nitrogen and oxygen atoms in total. The highest BCUT2D eigenvalue weighted by Gasteiger charge is 2.28. The van der Waals surface area contributed by atoms with Crippen LogP contribution in [0.15, 0.2) is 30.3 Å². The monoisotopic (exact) mass is 397 g/mol. The third-order valence-electron chi connectivity index (χ3n) is 4.76. The van der Waals surface area contributed by atoms with Crippen molar-refractivity contribution in [1.29, 1.82) is 0 Å². The summed E-state index contributed by atoms with van der Waals surface area (Å²) in [6.07, 6.45) is 0. The van der Waals surface area contributed by atoms with Crippen molar-refractivity contribution in [3.63, 3.8) is 0 Å². The molecular weight excluding hydrogens is 362 g/mol. The summed E-state index contributed by atoms with van der Waals surface area (Å²) in [4.78, 5) is 12.8. The maximum atomic E-state index is 12.8. The van der Waals surface area contributed by atoms with Crippen LogP contribution >= 0.6 is 0 Å². The van der Waals surface area contributed by atoms with E-state index in [2.05, 4.69) is 55.5 Å². The van der Waals surface area contributed by atoms with Gasteiger partial charge in [-0.2, -0.15) is 5.10 Å². The lowest BCUT2D eigenvalue weighted by Gasteiger charge is -2.22. The van der Waals surface area contributed by atoms with Crippen LogP contribution in [0.25, 0.3) is 11.5 Å². The molecule has 1 N–H and O–H groups in total. The zero-order chi connectivity index (χ0) is 22.0. The number of hydrogen-bond donors (Lipinski definition) is 1. The van der Waals surface area contributed by atoms with Gasteiger partial charge in [0.25, 0.3) is 0 Å². The van der Waals surface area contributed by atoms with Crippen molar-refractivity contribution in [3.8, 4) is 0 Å². The van der Waals surface area contributed by atoms with E-state index in [0.717, 1.165) is 22.6 Å². The Labute approximate surface area is 175 Å². The Kier molecular flexibility index (Phi) is 6.61. The molecule has 0 aliphatic rings. The number of hydrogen-bond acceptors (Lipinski definition) is 4. The largest absolute Gasteiger partial charge is 0.422 e. The first kappa shape index (κ1) is 22.7. The van der Waals surface area contributed by atoms with E-state index in [0.29, 0.717) is 12.3 Å². The van der Waals surface area contributed by atoms with Gasteiger partial charge in [-0.15, -0.1) is 0 Å². The summed E-state index contributed by atoms with van der Waals surface area (Å²) in [5, 5.41) is 7.79. The minimum Gasteiger partial charge on any atom is -0.422 e. The fraction of sp³-hybridized carbons (Fsp3) is 0.500. The highest BCUT2D eigenvalue weighted by atomic mass is 16.5. The molecule has 0 saturated heterocycles. The molecular formula is C24H35N3O2. The molecule has 29 heavy (non-hydrogen) atoms. The Morgan fingerprint density at radius 1 is 1.10 bits per heavy atom. The molecule has 158 valence electrons. The first-order valence-corrected chi connectivity index (χ1v) is 10.2. The van der Waals surface area contributed by atoms with Gasteiger partial charge in [0.2, 0.25) is 0 Å². The molecule has 0 aliphatic carbocycles. The number of benzene rings is 1. The minimum absolute atomic E-state index is 0.0710. The summed E-state index contributed by atoms with van der Waals surface area (Å²) in [6, 6.07) is 10.3. The van der Waals surface area contributed by atoms with Crippen LogP contribution in [0.5, 0.6) is 0 Å². The molecule has 5 heteroatoms. The molecule has 0 spiro atoms. The Balaban J connectivity index is 2.67. The highest BCUT2D eigenvalue weighted by molar-refractivity contribution is 5.92. The van der Waals surface area contributed by atoms with E-state index in [4.69, 9.17) is 4.74 Å². The molecule has 0 atom stereocenters. The van der Waals surface area contributed by atoms with Crippen LogP contribution in [0.1, 0.15) is 71.0 Å². The summed E-state index contributed by atoms with van der Waals surface area (Å²) in [5.41, 5.74) is 4.08. The van der Waals surface area contributed by atoms with Crippen LogP contribution in [-0.4, -0.2) is 22.8 Å². The lowest BCUT2D eigenvalue weighted by atomic mass is 9.86. The summed E-state index contributed by atoms with van der Waals surface area (Å²) in [7, 11) is 1.84. The Bertz CT molecular complexity index is 892. The maximum absolute atomic E-state index is 12.8. The van der Waals surface area contributed by atoms with Gasteiger partial charge in [-0.05, 0) is 51.7 Å². The van der Waals surface area contributed by atoms with Crippen molar-refractivity contribution >= 4 is 17.4 Å². The second kappa shape index (κ2) is 8.44. The minimum atomic E-state index is -0.619. The SMILES string of the molecule is CCn1nc(C)cc1/C(OC(=O)C(C)(C)C)=C(/NC)c1ccc(C(C)(C)C)cc1. The number of carbonyl (C=O) groups is 1. The number of aryl methyl sites for hydroxylation is 2. The van der Waals surface area contributed by atoms with Crippen molar-refractivity contribution in [2.75, 3.05) is 7.05 Å². The molecule has 0 amide bonds. The quantitative estimate of drug-likeness (QED) is 0.560. The number of rotatable bonds is 5. The first-order valence-electron chi connectivity index (χ1n) is 10.2. The van der Waals surface area contributed by atoms with Crippen LogP contribution in [0, 0.1) is 12.3 Å². The average molecular weight is 398 g/mol. The Hall–Kier alpha value is -2.56. The van der Waals surface area contributed by atoms with Crippen molar-refractivity contribution < 1.29 is 9.53 Å². The number of aromatic nitrogens is 2. The third kappa shape index (κ3) is 5.28. The highest BCUT2D eigenvalue weighted by Crippen LogP contribution is 2.31. The van der Waals surface area contributed by atoms with Crippen LogP contribution in [0.3, 0.4) is 0 Å². The van der Waals surface area contributed by atoms with Gasteiger partial charge in [-0.1, -0.05) is 45.0 Å². The number of nitrogens with zero attached hydrogens (tertiary/aromatic N) is 2. The summed E-state index contributed by atoms with van der Waals surface area (Å²) in [6.45, 7) is 16.8. The van der Waals surface area contributed by atoms with Crippen LogP contribution in [-0.2, 0) is 21.5 Å². The van der Waals surface area contributed by atoms with Gasteiger partial charge >= 0.3 is 5.97 Å². The lowest BCUT2D eigenvalue weighted by Crippen LogP contribution is -2.24. The standard InChI is InChI=1S/C24H35N3O2/c1-10-27-19(15-16(2)26-27)21(29-22(28)24(6,7)8)20(25-9)17-11-13-18(14-12-17)23(3,4)5/h11-15,25H,10H2,1-9H3/b21-20-. The van der Waals surface area contributed by atoms with E-state index in [1.165, 1.54) is 5.56 Å². The number of nitrogens with one attached hydrogen (secondary N) is 1. The lowest BCUT2D eigenvalue weighted by molar-refractivity contribution is -0.145. The van der Waals surface area contributed by atoms with Crippen molar-refractivity contribution in [3.05, 3.63) is 52.8 Å². The van der Waals surface area contributed by atoms with Crippen molar-refractivity contribution in [2.24, 2.45) is 5.41 Å². The van der Waals surface area contributed by atoms with Crippen LogP contribution < -0.4 is 5.32 Å².